The van der Waals surface area contributed by atoms with Gasteiger partial charge in [-0.1, -0.05) is 24.3 Å². The van der Waals surface area contributed by atoms with Gasteiger partial charge in [0.05, 0.1) is 31.7 Å². The highest BCUT2D eigenvalue weighted by atomic mass is 16.6. The standard InChI is InChI=1S/C17H18N2O4/c20-17-18-9-15(23-11-13-10-21-7-8-22-13)16-14-4-2-1-3-12(14)5-6-19(16)17/h1-4,9,13H,5-8,10-11H2. The molecule has 0 radical (unpaired) electrons. The summed E-state index contributed by atoms with van der Waals surface area (Å²) in [4.78, 5) is 16.0. The molecule has 0 amide bonds. The summed E-state index contributed by atoms with van der Waals surface area (Å²) in [5, 5.41) is 0. The summed E-state index contributed by atoms with van der Waals surface area (Å²) in [6, 6.07) is 8.10. The minimum Gasteiger partial charge on any atom is -0.487 e. The molecule has 1 atom stereocenters. The van der Waals surface area contributed by atoms with E-state index in [1.54, 1.807) is 4.57 Å². The number of nitrogens with zero attached hydrogens (tertiary/aromatic N) is 2. The third kappa shape index (κ3) is 2.75. The van der Waals surface area contributed by atoms with E-state index in [-0.39, 0.29) is 11.8 Å². The van der Waals surface area contributed by atoms with Crippen molar-refractivity contribution < 1.29 is 14.2 Å². The van der Waals surface area contributed by atoms with Gasteiger partial charge in [-0.05, 0) is 12.0 Å². The van der Waals surface area contributed by atoms with Gasteiger partial charge in [0, 0.05) is 12.1 Å². The van der Waals surface area contributed by atoms with Gasteiger partial charge in [0.15, 0.2) is 5.75 Å². The molecule has 1 saturated heterocycles. The fourth-order valence-corrected chi connectivity index (χ4v) is 3.08. The Morgan fingerprint density at radius 2 is 2.22 bits per heavy atom. The molecule has 2 aliphatic rings. The lowest BCUT2D eigenvalue weighted by molar-refractivity contribution is -0.101. The number of benzene rings is 1. The lowest BCUT2D eigenvalue weighted by Gasteiger charge is -2.26. The molecule has 6 nitrogen and oxygen atoms in total. The van der Waals surface area contributed by atoms with Crippen LogP contribution >= 0.6 is 0 Å². The van der Waals surface area contributed by atoms with Crippen molar-refractivity contribution in [2.45, 2.75) is 19.1 Å². The average molecular weight is 314 g/mol. The van der Waals surface area contributed by atoms with Crippen LogP contribution in [0.25, 0.3) is 11.3 Å². The Bertz CT molecular complexity index is 765. The predicted molar refractivity (Wildman–Crippen MR) is 83.7 cm³/mol. The monoisotopic (exact) mass is 314 g/mol. The zero-order valence-corrected chi connectivity index (χ0v) is 12.7. The van der Waals surface area contributed by atoms with Crippen LogP contribution in [0.5, 0.6) is 5.75 Å². The minimum atomic E-state index is -0.237. The first-order chi connectivity index (χ1) is 11.3. The van der Waals surface area contributed by atoms with Crippen molar-refractivity contribution in [2.75, 3.05) is 26.4 Å². The van der Waals surface area contributed by atoms with Gasteiger partial charge in [-0.2, -0.15) is 4.98 Å². The van der Waals surface area contributed by atoms with Crippen LogP contribution in [0.3, 0.4) is 0 Å². The molecule has 2 aliphatic heterocycles. The van der Waals surface area contributed by atoms with Gasteiger partial charge in [-0.3, -0.25) is 4.57 Å². The zero-order valence-electron chi connectivity index (χ0n) is 12.7. The Morgan fingerprint density at radius 1 is 1.30 bits per heavy atom. The molecule has 1 unspecified atom stereocenters. The lowest BCUT2D eigenvalue weighted by Crippen LogP contribution is -2.34. The molecule has 2 aromatic rings. The van der Waals surface area contributed by atoms with Crippen LogP contribution in [0.15, 0.2) is 35.3 Å². The minimum absolute atomic E-state index is 0.0878. The van der Waals surface area contributed by atoms with E-state index in [1.807, 2.05) is 18.2 Å². The molecule has 0 saturated carbocycles. The zero-order chi connectivity index (χ0) is 15.6. The summed E-state index contributed by atoms with van der Waals surface area (Å²) in [6.45, 7) is 2.75. The van der Waals surface area contributed by atoms with Gasteiger partial charge in [0.2, 0.25) is 0 Å². The molecule has 4 rings (SSSR count). The molecular formula is C17H18N2O4. The molecule has 1 fully saturated rings. The summed E-state index contributed by atoms with van der Waals surface area (Å²) in [6.07, 6.45) is 2.25. The summed E-state index contributed by atoms with van der Waals surface area (Å²) >= 11 is 0. The van der Waals surface area contributed by atoms with Gasteiger partial charge in [-0.15, -0.1) is 0 Å². The maximum absolute atomic E-state index is 12.1. The van der Waals surface area contributed by atoms with E-state index >= 15 is 0 Å². The van der Waals surface area contributed by atoms with Crippen LogP contribution in [0.1, 0.15) is 5.56 Å². The van der Waals surface area contributed by atoms with Crippen LogP contribution in [0.2, 0.25) is 0 Å². The molecule has 23 heavy (non-hydrogen) atoms. The number of ether oxygens (including phenoxy) is 3. The van der Waals surface area contributed by atoms with E-state index in [4.69, 9.17) is 14.2 Å². The van der Waals surface area contributed by atoms with Gasteiger partial charge in [0.1, 0.15) is 12.7 Å². The van der Waals surface area contributed by atoms with Crippen molar-refractivity contribution in [1.82, 2.24) is 9.55 Å². The number of fused-ring (bicyclic) bond motifs is 3. The molecule has 1 aromatic carbocycles. The van der Waals surface area contributed by atoms with E-state index in [2.05, 4.69) is 11.1 Å². The van der Waals surface area contributed by atoms with Crippen molar-refractivity contribution in [3.63, 3.8) is 0 Å². The predicted octanol–water partition coefficient (Wildman–Crippen LogP) is 1.26. The van der Waals surface area contributed by atoms with E-state index in [9.17, 15) is 4.79 Å². The topological polar surface area (TPSA) is 62.6 Å². The average Bonchev–Trinajstić information content (AvgIpc) is 2.62. The van der Waals surface area contributed by atoms with E-state index in [1.165, 1.54) is 11.8 Å². The van der Waals surface area contributed by atoms with Crippen LogP contribution in [-0.2, 0) is 22.4 Å². The maximum atomic E-state index is 12.1. The largest absolute Gasteiger partial charge is 0.487 e. The highest BCUT2D eigenvalue weighted by Crippen LogP contribution is 2.34. The van der Waals surface area contributed by atoms with Gasteiger partial charge in [0.25, 0.3) is 0 Å². The Morgan fingerprint density at radius 3 is 3.09 bits per heavy atom. The first-order valence-electron chi connectivity index (χ1n) is 7.83. The van der Waals surface area contributed by atoms with Gasteiger partial charge >= 0.3 is 5.69 Å². The number of aromatic nitrogens is 2. The highest BCUT2D eigenvalue weighted by molar-refractivity contribution is 5.70. The fourth-order valence-electron chi connectivity index (χ4n) is 3.08. The van der Waals surface area contributed by atoms with Crippen LogP contribution < -0.4 is 10.4 Å². The summed E-state index contributed by atoms with van der Waals surface area (Å²) in [5.41, 5.74) is 2.83. The molecule has 3 heterocycles. The molecule has 0 spiro atoms. The summed E-state index contributed by atoms with van der Waals surface area (Å²) in [5.74, 6) is 0.617. The Kier molecular flexibility index (Phi) is 3.85. The molecule has 6 heteroatoms. The maximum Gasteiger partial charge on any atom is 0.348 e. The van der Waals surface area contributed by atoms with Gasteiger partial charge < -0.3 is 14.2 Å². The second-order valence-electron chi connectivity index (χ2n) is 5.69. The lowest BCUT2D eigenvalue weighted by atomic mass is 9.97. The molecule has 0 N–H and O–H groups in total. The van der Waals surface area contributed by atoms with Crippen molar-refractivity contribution in [1.29, 1.82) is 0 Å². The quantitative estimate of drug-likeness (QED) is 0.853. The second kappa shape index (κ2) is 6.14. The molecule has 120 valence electrons. The van der Waals surface area contributed by atoms with Crippen molar-refractivity contribution in [3.05, 3.63) is 46.5 Å². The Balaban J connectivity index is 1.67. The first kappa shape index (κ1) is 14.4. The van der Waals surface area contributed by atoms with Crippen LogP contribution in [0.4, 0.5) is 0 Å². The van der Waals surface area contributed by atoms with E-state index in [0.717, 1.165) is 17.7 Å². The number of hydrogen-bond acceptors (Lipinski definition) is 5. The third-order valence-corrected chi connectivity index (χ3v) is 4.21. The normalized spacial score (nSPS) is 19.7. The molecule has 1 aromatic heterocycles. The Labute approximate surface area is 133 Å². The van der Waals surface area contributed by atoms with Crippen LogP contribution in [-0.4, -0.2) is 42.1 Å². The fraction of sp³-hybridized carbons (Fsp3) is 0.412. The molecule has 0 aliphatic carbocycles. The summed E-state index contributed by atoms with van der Waals surface area (Å²) < 4.78 is 18.6. The first-order valence-corrected chi connectivity index (χ1v) is 7.83. The van der Waals surface area contributed by atoms with E-state index < -0.39 is 0 Å². The smallest absolute Gasteiger partial charge is 0.348 e. The SMILES string of the molecule is O=c1ncc(OCC2COCCO2)c2n1CCc1ccccc1-2. The Hall–Kier alpha value is -2.18. The van der Waals surface area contributed by atoms with Crippen molar-refractivity contribution in [2.24, 2.45) is 0 Å². The van der Waals surface area contributed by atoms with Crippen molar-refractivity contribution in [3.8, 4) is 17.0 Å². The number of rotatable bonds is 3. The second-order valence-corrected chi connectivity index (χ2v) is 5.69. The third-order valence-electron chi connectivity index (χ3n) is 4.21. The van der Waals surface area contributed by atoms with Crippen molar-refractivity contribution >= 4 is 0 Å². The van der Waals surface area contributed by atoms with Gasteiger partial charge in [-0.25, -0.2) is 4.79 Å². The molecular weight excluding hydrogens is 296 g/mol. The highest BCUT2D eigenvalue weighted by Gasteiger charge is 2.23. The number of aryl methyl sites for hydroxylation is 1. The molecule has 0 bridgehead atoms. The number of hydrogen-bond donors (Lipinski definition) is 0. The van der Waals surface area contributed by atoms with Crippen LogP contribution in [0, 0.1) is 0 Å². The van der Waals surface area contributed by atoms with E-state index in [0.29, 0.717) is 38.7 Å². The summed E-state index contributed by atoms with van der Waals surface area (Å²) in [7, 11) is 0.